The fourth-order valence-corrected chi connectivity index (χ4v) is 2.60. The van der Waals surface area contributed by atoms with Crippen molar-refractivity contribution in [2.75, 3.05) is 11.1 Å². The first kappa shape index (κ1) is 11.4. The van der Waals surface area contributed by atoms with Crippen LogP contribution in [0.3, 0.4) is 0 Å². The van der Waals surface area contributed by atoms with Gasteiger partial charge in [-0.25, -0.2) is 0 Å². The molecule has 4 nitrogen and oxygen atoms in total. The van der Waals surface area contributed by atoms with Gasteiger partial charge in [0.25, 0.3) is 0 Å². The maximum atomic E-state index is 11.7. The molecule has 0 aliphatic heterocycles. The number of nitrogens with one attached hydrogen (secondary N) is 1. The minimum atomic E-state index is -0.139. The van der Waals surface area contributed by atoms with Gasteiger partial charge < -0.3 is 0 Å². The van der Waals surface area contributed by atoms with E-state index in [9.17, 15) is 4.79 Å². The summed E-state index contributed by atoms with van der Waals surface area (Å²) in [6, 6.07) is 7.40. The first-order valence-corrected chi connectivity index (χ1v) is 6.94. The molecule has 0 atom stereocenters. The van der Waals surface area contributed by atoms with E-state index in [1.807, 2.05) is 24.3 Å². The third-order valence-corrected chi connectivity index (χ3v) is 4.11. The quantitative estimate of drug-likeness (QED) is 0.815. The summed E-state index contributed by atoms with van der Waals surface area (Å²) in [5, 5.41) is 2.79. The molecule has 1 amide bonds. The number of hydrogen-bond acceptors (Lipinski definition) is 3. The van der Waals surface area contributed by atoms with E-state index < -0.39 is 0 Å². The number of amides is 1. The van der Waals surface area contributed by atoms with Crippen LogP contribution in [0.1, 0.15) is 9.23 Å². The van der Waals surface area contributed by atoms with Crippen LogP contribution in [0.5, 0.6) is 0 Å². The van der Waals surface area contributed by atoms with Crippen LogP contribution >= 0.6 is 15.9 Å². The van der Waals surface area contributed by atoms with Crippen LogP contribution in [0.2, 0.25) is 0 Å². The summed E-state index contributed by atoms with van der Waals surface area (Å²) in [7, 11) is 0. The molecule has 0 aliphatic carbocycles. The Labute approximate surface area is 107 Å². The van der Waals surface area contributed by atoms with E-state index in [2.05, 4.69) is 26.2 Å². The number of anilines is 2. The molecular weight excluding hydrogens is 337 g/mol. The molecule has 3 N–H and O–H groups in total. The topological polar surface area (TPSA) is 68.0 Å². The van der Waals surface area contributed by atoms with Gasteiger partial charge in [0.05, 0.1) is 0 Å². The SMILES string of the molecule is Nc1ncc(C(=O)Nc2ccc(Br)cc2)[se]1. The molecule has 1 heterocycles. The fraction of sp³-hybridized carbons (Fsp3) is 0. The Morgan fingerprint density at radius 2 is 2.06 bits per heavy atom. The minimum absolute atomic E-state index is 0.133. The molecule has 16 heavy (non-hydrogen) atoms. The molecule has 0 aliphatic rings. The standard InChI is InChI=1S/C10H8BrN3OSe/c11-6-1-3-7(4-2-6)14-9(15)8-5-13-10(12)16-8/h1-5H,(H2,12,13)(H,14,15). The molecule has 82 valence electrons. The molecule has 0 spiro atoms. The second kappa shape index (κ2) is 4.82. The molecule has 0 fully saturated rings. The monoisotopic (exact) mass is 345 g/mol. The van der Waals surface area contributed by atoms with Crippen LogP contribution in [0.25, 0.3) is 0 Å². The predicted molar refractivity (Wildman–Crippen MR) is 67.7 cm³/mol. The predicted octanol–water partition coefficient (Wildman–Crippen LogP) is 1.74. The van der Waals surface area contributed by atoms with Crippen molar-refractivity contribution in [3.8, 4) is 0 Å². The van der Waals surface area contributed by atoms with E-state index in [1.165, 1.54) is 6.20 Å². The van der Waals surface area contributed by atoms with Crippen molar-refractivity contribution in [1.82, 2.24) is 4.98 Å². The van der Waals surface area contributed by atoms with Gasteiger partial charge in [0.1, 0.15) is 0 Å². The van der Waals surface area contributed by atoms with E-state index in [1.54, 1.807) is 0 Å². The molecule has 0 radical (unpaired) electrons. The van der Waals surface area contributed by atoms with Gasteiger partial charge in [-0.2, -0.15) is 0 Å². The van der Waals surface area contributed by atoms with Crippen LogP contribution < -0.4 is 11.1 Å². The number of carbonyl (C=O) groups is 1. The van der Waals surface area contributed by atoms with Gasteiger partial charge in [0.15, 0.2) is 0 Å². The number of aromatic nitrogens is 1. The van der Waals surface area contributed by atoms with E-state index in [0.29, 0.717) is 9.13 Å². The van der Waals surface area contributed by atoms with Crippen molar-refractivity contribution in [2.24, 2.45) is 0 Å². The number of halogens is 1. The zero-order chi connectivity index (χ0) is 11.5. The Morgan fingerprint density at radius 3 is 2.62 bits per heavy atom. The van der Waals surface area contributed by atoms with Gasteiger partial charge in [0, 0.05) is 0 Å². The zero-order valence-electron chi connectivity index (χ0n) is 8.11. The normalized spacial score (nSPS) is 10.1. The summed E-state index contributed by atoms with van der Waals surface area (Å²) in [6.45, 7) is 0. The molecule has 0 unspecified atom stereocenters. The molecule has 2 rings (SSSR count). The maximum absolute atomic E-state index is 11.7. The summed E-state index contributed by atoms with van der Waals surface area (Å²) >= 11 is 3.19. The van der Waals surface area contributed by atoms with Crippen LogP contribution in [0, 0.1) is 0 Å². The van der Waals surface area contributed by atoms with Crippen molar-refractivity contribution in [1.29, 1.82) is 0 Å². The molecule has 1 aromatic heterocycles. The van der Waals surface area contributed by atoms with Gasteiger partial charge in [-0.05, 0) is 0 Å². The third kappa shape index (κ3) is 2.72. The summed E-state index contributed by atoms with van der Waals surface area (Å²) < 4.78 is 2.16. The Balaban J connectivity index is 2.10. The summed E-state index contributed by atoms with van der Waals surface area (Å²) in [5.41, 5.74) is 6.28. The second-order valence-electron chi connectivity index (χ2n) is 3.02. The number of nitrogens with zero attached hydrogens (tertiary/aromatic N) is 1. The van der Waals surface area contributed by atoms with Gasteiger partial charge >= 0.3 is 107 Å². The molecular formula is C10H8BrN3OSe. The molecule has 6 heteroatoms. The molecule has 0 saturated carbocycles. The Kier molecular flexibility index (Phi) is 3.43. The van der Waals surface area contributed by atoms with Crippen LogP contribution in [-0.4, -0.2) is 25.4 Å². The van der Waals surface area contributed by atoms with Crippen LogP contribution in [0.4, 0.5) is 10.4 Å². The number of nitrogen functional groups attached to an aromatic ring is 1. The Hall–Kier alpha value is -1.10. The van der Waals surface area contributed by atoms with Gasteiger partial charge in [-0.15, -0.1) is 0 Å². The van der Waals surface area contributed by atoms with Crippen molar-refractivity contribution < 1.29 is 4.79 Å². The van der Waals surface area contributed by atoms with Crippen molar-refractivity contribution in [3.05, 3.63) is 39.4 Å². The Morgan fingerprint density at radius 1 is 1.38 bits per heavy atom. The number of nitrogens with two attached hydrogens (primary N) is 1. The first-order valence-electron chi connectivity index (χ1n) is 4.43. The average Bonchev–Trinajstić information content (AvgIpc) is 2.68. The number of benzene rings is 1. The van der Waals surface area contributed by atoms with Crippen molar-refractivity contribution in [3.63, 3.8) is 0 Å². The number of hydrogen-bond donors (Lipinski definition) is 2. The first-order chi connectivity index (χ1) is 7.65. The van der Waals surface area contributed by atoms with Crippen molar-refractivity contribution in [2.45, 2.75) is 0 Å². The van der Waals surface area contributed by atoms with Crippen LogP contribution in [0.15, 0.2) is 34.9 Å². The number of rotatable bonds is 2. The number of carbonyl (C=O) groups excluding carboxylic acids is 1. The molecule has 0 bridgehead atoms. The summed E-state index contributed by atoms with van der Waals surface area (Å²) in [6.07, 6.45) is 1.53. The molecule has 2 aromatic rings. The van der Waals surface area contributed by atoms with Gasteiger partial charge in [0.2, 0.25) is 0 Å². The van der Waals surface area contributed by atoms with E-state index in [-0.39, 0.29) is 20.4 Å². The average molecular weight is 345 g/mol. The van der Waals surface area contributed by atoms with Crippen LogP contribution in [-0.2, 0) is 0 Å². The van der Waals surface area contributed by atoms with E-state index in [4.69, 9.17) is 5.73 Å². The van der Waals surface area contributed by atoms with Gasteiger partial charge in [-0.1, -0.05) is 0 Å². The van der Waals surface area contributed by atoms with E-state index >= 15 is 0 Å². The summed E-state index contributed by atoms with van der Waals surface area (Å²) in [5.74, 6) is -0.133. The van der Waals surface area contributed by atoms with Crippen molar-refractivity contribution >= 4 is 46.7 Å². The third-order valence-electron chi connectivity index (χ3n) is 1.85. The molecule has 0 saturated heterocycles. The van der Waals surface area contributed by atoms with E-state index in [0.717, 1.165) is 10.2 Å². The Bertz CT molecular complexity index is 509. The zero-order valence-corrected chi connectivity index (χ0v) is 11.4. The summed E-state index contributed by atoms with van der Waals surface area (Å²) in [4.78, 5) is 15.6. The van der Waals surface area contributed by atoms with Gasteiger partial charge in [-0.3, -0.25) is 0 Å². The molecule has 1 aromatic carbocycles. The second-order valence-corrected chi connectivity index (χ2v) is 6.17. The fourth-order valence-electron chi connectivity index (χ4n) is 1.12.